The van der Waals surface area contributed by atoms with Gasteiger partial charge in [0.05, 0.1) is 21.3 Å². The van der Waals surface area contributed by atoms with Crippen molar-refractivity contribution in [1.29, 1.82) is 0 Å². The molecule has 3 rings (SSSR count). The van der Waals surface area contributed by atoms with Crippen molar-refractivity contribution in [3.63, 3.8) is 0 Å². The number of nitrogens with zero attached hydrogens (tertiary/aromatic N) is 1. The molecule has 0 unspecified atom stereocenters. The maximum Gasteiger partial charge on any atom is 0.161 e. The molecule has 1 atom stereocenters. The zero-order valence-corrected chi connectivity index (χ0v) is 18.9. The molecule has 0 heterocycles. The van der Waals surface area contributed by atoms with E-state index in [1.165, 1.54) is 5.56 Å². The number of rotatable bonds is 12. The molecule has 3 aromatic rings. The van der Waals surface area contributed by atoms with E-state index in [-0.39, 0.29) is 6.61 Å². The van der Waals surface area contributed by atoms with E-state index in [9.17, 15) is 5.11 Å². The summed E-state index contributed by atoms with van der Waals surface area (Å²) in [5.74, 6) is 2.84. The summed E-state index contributed by atoms with van der Waals surface area (Å²) in [6, 6.07) is 23.4. The Labute approximate surface area is 189 Å². The van der Waals surface area contributed by atoms with Gasteiger partial charge in [-0.2, -0.15) is 0 Å². The number of ether oxygens (including phenoxy) is 4. The summed E-state index contributed by atoms with van der Waals surface area (Å²) >= 11 is 0. The van der Waals surface area contributed by atoms with Crippen LogP contribution in [0.2, 0.25) is 0 Å². The van der Waals surface area contributed by atoms with E-state index >= 15 is 0 Å². The maximum atomic E-state index is 10.7. The first-order valence-corrected chi connectivity index (χ1v) is 10.5. The highest BCUT2D eigenvalue weighted by atomic mass is 16.5. The van der Waals surface area contributed by atoms with E-state index in [1.54, 1.807) is 21.3 Å². The lowest BCUT2D eigenvalue weighted by atomic mass is 10.1. The van der Waals surface area contributed by atoms with Crippen LogP contribution in [0.4, 0.5) is 0 Å². The van der Waals surface area contributed by atoms with Crippen molar-refractivity contribution in [1.82, 2.24) is 4.90 Å². The molecule has 0 spiro atoms. The third-order valence-electron chi connectivity index (χ3n) is 5.07. The first-order valence-electron chi connectivity index (χ1n) is 10.5. The molecule has 0 radical (unpaired) electrons. The Hall–Kier alpha value is -3.22. The van der Waals surface area contributed by atoms with Gasteiger partial charge in [-0.25, -0.2) is 0 Å². The van der Waals surface area contributed by atoms with Crippen molar-refractivity contribution in [2.45, 2.75) is 19.2 Å². The lowest BCUT2D eigenvalue weighted by Gasteiger charge is -2.26. The Morgan fingerprint density at radius 2 is 1.38 bits per heavy atom. The molecule has 3 aromatic carbocycles. The summed E-state index contributed by atoms with van der Waals surface area (Å²) in [4.78, 5) is 2.19. The second-order valence-electron chi connectivity index (χ2n) is 7.48. The number of hydrogen-bond acceptors (Lipinski definition) is 6. The van der Waals surface area contributed by atoms with Crippen molar-refractivity contribution in [2.75, 3.05) is 34.5 Å². The Balaban J connectivity index is 1.66. The van der Waals surface area contributed by atoms with Gasteiger partial charge in [0.2, 0.25) is 0 Å². The number of hydrogen-bond donors (Lipinski definition) is 1. The fourth-order valence-electron chi connectivity index (χ4n) is 3.48. The van der Waals surface area contributed by atoms with Crippen LogP contribution in [-0.2, 0) is 13.1 Å². The molecule has 6 heteroatoms. The van der Waals surface area contributed by atoms with Crippen LogP contribution in [0.25, 0.3) is 0 Å². The minimum atomic E-state index is -0.652. The topological polar surface area (TPSA) is 60.4 Å². The van der Waals surface area contributed by atoms with Crippen LogP contribution in [0.1, 0.15) is 11.1 Å². The van der Waals surface area contributed by atoms with Crippen LogP contribution in [0.3, 0.4) is 0 Å². The van der Waals surface area contributed by atoms with Gasteiger partial charge in [-0.1, -0.05) is 36.4 Å². The predicted molar refractivity (Wildman–Crippen MR) is 125 cm³/mol. The van der Waals surface area contributed by atoms with E-state index in [2.05, 4.69) is 17.0 Å². The maximum absolute atomic E-state index is 10.7. The van der Waals surface area contributed by atoms with Gasteiger partial charge >= 0.3 is 0 Å². The molecule has 170 valence electrons. The average Bonchev–Trinajstić information content (AvgIpc) is 2.83. The van der Waals surface area contributed by atoms with Crippen LogP contribution < -0.4 is 18.9 Å². The van der Waals surface area contributed by atoms with Gasteiger partial charge in [0.25, 0.3) is 0 Å². The van der Waals surface area contributed by atoms with Crippen LogP contribution >= 0.6 is 0 Å². The molecule has 0 aliphatic heterocycles. The third-order valence-corrected chi connectivity index (χ3v) is 5.07. The van der Waals surface area contributed by atoms with E-state index in [4.69, 9.17) is 18.9 Å². The molecule has 0 bridgehead atoms. The minimum Gasteiger partial charge on any atom is -0.497 e. The molecular weight excluding hydrogens is 406 g/mol. The minimum absolute atomic E-state index is 0.198. The second kappa shape index (κ2) is 12.0. The fraction of sp³-hybridized carbons (Fsp3) is 0.308. The molecule has 6 nitrogen and oxygen atoms in total. The standard InChI is InChI=1S/C26H31NO5/c1-29-23-10-12-24(13-11-23)32-19-22(28)18-27(16-20-7-5-4-6-8-20)17-21-9-14-25(30-2)26(15-21)31-3/h4-15,22,28H,16-19H2,1-3H3/t22-/m0/s1. The average molecular weight is 438 g/mol. The summed E-state index contributed by atoms with van der Waals surface area (Å²) < 4.78 is 21.7. The van der Waals surface area contributed by atoms with Gasteiger partial charge in [-0.3, -0.25) is 4.90 Å². The number of methoxy groups -OCH3 is 3. The Morgan fingerprint density at radius 1 is 0.719 bits per heavy atom. The van der Waals surface area contributed by atoms with Crippen LogP contribution in [-0.4, -0.2) is 50.6 Å². The van der Waals surface area contributed by atoms with E-state index in [1.807, 2.05) is 60.7 Å². The quantitative estimate of drug-likeness (QED) is 0.459. The largest absolute Gasteiger partial charge is 0.497 e. The molecule has 0 aliphatic rings. The van der Waals surface area contributed by atoms with Crippen molar-refractivity contribution in [3.8, 4) is 23.0 Å². The van der Waals surface area contributed by atoms with Gasteiger partial charge < -0.3 is 24.1 Å². The van der Waals surface area contributed by atoms with Crippen LogP contribution in [0.5, 0.6) is 23.0 Å². The van der Waals surface area contributed by atoms with Gasteiger partial charge in [0.1, 0.15) is 24.2 Å². The van der Waals surface area contributed by atoms with E-state index in [0.29, 0.717) is 36.9 Å². The third kappa shape index (κ3) is 6.90. The van der Waals surface area contributed by atoms with Gasteiger partial charge in [-0.15, -0.1) is 0 Å². The van der Waals surface area contributed by atoms with Crippen LogP contribution in [0, 0.1) is 0 Å². The second-order valence-corrected chi connectivity index (χ2v) is 7.48. The SMILES string of the molecule is COc1ccc(OC[C@@H](O)CN(Cc2ccccc2)Cc2ccc(OC)c(OC)c2)cc1. The van der Waals surface area contributed by atoms with Crippen molar-refractivity contribution in [3.05, 3.63) is 83.9 Å². The molecule has 0 aromatic heterocycles. The zero-order chi connectivity index (χ0) is 22.8. The summed E-state index contributed by atoms with van der Waals surface area (Å²) in [6.45, 7) is 2.01. The Kier molecular flexibility index (Phi) is 8.78. The fourth-order valence-corrected chi connectivity index (χ4v) is 3.48. The molecule has 0 saturated heterocycles. The normalized spacial score (nSPS) is 11.8. The van der Waals surface area contributed by atoms with Crippen molar-refractivity contribution >= 4 is 0 Å². The summed E-state index contributed by atoms with van der Waals surface area (Å²) in [7, 11) is 4.88. The molecule has 1 N–H and O–H groups in total. The molecular formula is C26H31NO5. The smallest absolute Gasteiger partial charge is 0.161 e. The van der Waals surface area contributed by atoms with Gasteiger partial charge in [-0.05, 0) is 47.5 Å². The van der Waals surface area contributed by atoms with Crippen molar-refractivity contribution < 1.29 is 24.1 Å². The first kappa shape index (κ1) is 23.4. The van der Waals surface area contributed by atoms with Gasteiger partial charge in [0, 0.05) is 19.6 Å². The lowest BCUT2D eigenvalue weighted by Crippen LogP contribution is -2.35. The summed E-state index contributed by atoms with van der Waals surface area (Å²) in [5.41, 5.74) is 2.25. The summed E-state index contributed by atoms with van der Waals surface area (Å²) in [5, 5.41) is 10.7. The monoisotopic (exact) mass is 437 g/mol. The highest BCUT2D eigenvalue weighted by molar-refractivity contribution is 5.42. The molecule has 0 amide bonds. The first-order chi connectivity index (χ1) is 15.6. The number of aliphatic hydroxyl groups is 1. The number of aliphatic hydroxyl groups excluding tert-OH is 1. The van der Waals surface area contributed by atoms with Crippen LogP contribution in [0.15, 0.2) is 72.8 Å². The molecule has 0 saturated carbocycles. The predicted octanol–water partition coefficient (Wildman–Crippen LogP) is 4.15. The highest BCUT2D eigenvalue weighted by Gasteiger charge is 2.15. The summed E-state index contributed by atoms with van der Waals surface area (Å²) in [6.07, 6.45) is -0.652. The van der Waals surface area contributed by atoms with Gasteiger partial charge in [0.15, 0.2) is 11.5 Å². The molecule has 0 aliphatic carbocycles. The highest BCUT2D eigenvalue weighted by Crippen LogP contribution is 2.28. The van der Waals surface area contributed by atoms with E-state index in [0.717, 1.165) is 11.3 Å². The Morgan fingerprint density at radius 3 is 2.03 bits per heavy atom. The Bertz CT molecular complexity index is 946. The number of benzene rings is 3. The van der Waals surface area contributed by atoms with Crippen molar-refractivity contribution in [2.24, 2.45) is 0 Å². The molecule has 32 heavy (non-hydrogen) atoms. The molecule has 0 fully saturated rings. The van der Waals surface area contributed by atoms with E-state index < -0.39 is 6.10 Å². The zero-order valence-electron chi connectivity index (χ0n) is 18.9. The lowest BCUT2D eigenvalue weighted by molar-refractivity contribution is 0.0628.